The van der Waals surface area contributed by atoms with E-state index in [1.54, 1.807) is 0 Å². The number of rotatable bonds is 10. The van der Waals surface area contributed by atoms with Gasteiger partial charge in [-0.25, -0.2) is 4.57 Å². The molecule has 44 heavy (non-hydrogen) atoms. The van der Waals surface area contributed by atoms with Gasteiger partial charge in [0, 0.05) is 18.4 Å². The van der Waals surface area contributed by atoms with Gasteiger partial charge in [0.05, 0.1) is 12.0 Å². The van der Waals surface area contributed by atoms with Gasteiger partial charge < -0.3 is 15.1 Å². The van der Waals surface area contributed by atoms with Crippen LogP contribution in [-0.4, -0.2) is 34.6 Å². The maximum atomic E-state index is 14.2. The van der Waals surface area contributed by atoms with Gasteiger partial charge in [-0.15, -0.1) is 0 Å². The van der Waals surface area contributed by atoms with Gasteiger partial charge in [-0.05, 0) is 122 Å². The summed E-state index contributed by atoms with van der Waals surface area (Å²) in [5.41, 5.74) is 0.153. The van der Waals surface area contributed by atoms with Crippen LogP contribution in [0.4, 0.5) is 0 Å². The summed E-state index contributed by atoms with van der Waals surface area (Å²) in [6.45, 7) is 17.7. The first-order valence-corrected chi connectivity index (χ1v) is 19.5. The molecule has 5 aliphatic carbocycles. The summed E-state index contributed by atoms with van der Waals surface area (Å²) < 4.78 is 15.4. The number of hydrogen-bond donors (Lipinski definition) is 3. The number of nitrogens with one attached hydrogen (secondary N) is 1. The Labute approximate surface area is 267 Å². The van der Waals surface area contributed by atoms with E-state index in [2.05, 4.69) is 58.3 Å². The third kappa shape index (κ3) is 5.50. The largest absolute Gasteiger partial charge is 0.469 e. The third-order valence-electron chi connectivity index (χ3n) is 15.2. The molecule has 0 aromatic rings. The lowest BCUT2D eigenvalue weighted by Crippen LogP contribution is -2.67. The van der Waals surface area contributed by atoms with Crippen LogP contribution in [0.25, 0.3) is 0 Å². The van der Waals surface area contributed by atoms with Crippen LogP contribution in [0.1, 0.15) is 138 Å². The van der Waals surface area contributed by atoms with Crippen LogP contribution in [0.3, 0.4) is 0 Å². The Balaban J connectivity index is 1.31. The molecular weight excluding hydrogens is 573 g/mol. The fourth-order valence-electron chi connectivity index (χ4n) is 12.7. The number of fused-ring (bicyclic) bond motifs is 7. The van der Waals surface area contributed by atoms with E-state index in [1.807, 2.05) is 0 Å². The third-order valence-corrected chi connectivity index (χ3v) is 15.7. The van der Waals surface area contributed by atoms with Crippen molar-refractivity contribution in [2.24, 2.45) is 62.6 Å². The number of ketones is 1. The monoisotopic (exact) mass is 635 g/mol. The average molecular weight is 636 g/mol. The molecule has 0 heterocycles. The Hall–Kier alpha value is -0.750. The molecule has 252 valence electrons. The molecular formula is C36H62NO6P. The molecule has 0 aromatic carbocycles. The molecule has 5 saturated carbocycles. The second-order valence-electron chi connectivity index (χ2n) is 17.4. The Morgan fingerprint density at radius 2 is 1.59 bits per heavy atom. The van der Waals surface area contributed by atoms with Crippen LogP contribution in [0.2, 0.25) is 0 Å². The summed E-state index contributed by atoms with van der Waals surface area (Å²) in [6.07, 6.45) is 14.1. The topological polar surface area (TPSA) is 113 Å². The smallest absolute Gasteiger partial charge is 0.356 e. The quantitative estimate of drug-likeness (QED) is 0.165. The molecule has 0 aliphatic heterocycles. The van der Waals surface area contributed by atoms with E-state index in [-0.39, 0.29) is 39.6 Å². The lowest BCUT2D eigenvalue weighted by molar-refractivity contribution is -0.234. The van der Waals surface area contributed by atoms with Crippen LogP contribution in [0.5, 0.6) is 0 Å². The molecule has 5 fully saturated rings. The van der Waals surface area contributed by atoms with Crippen molar-refractivity contribution in [3.63, 3.8) is 0 Å². The maximum absolute atomic E-state index is 14.2. The van der Waals surface area contributed by atoms with Crippen molar-refractivity contribution in [1.29, 1.82) is 0 Å². The number of unbranched alkanes of at least 4 members (excludes halogenated alkanes) is 3. The Kier molecular flexibility index (Phi) is 9.47. The molecule has 0 bridgehead atoms. The van der Waals surface area contributed by atoms with Crippen molar-refractivity contribution >= 4 is 19.5 Å². The summed E-state index contributed by atoms with van der Waals surface area (Å²) in [4.78, 5) is 45.0. The highest BCUT2D eigenvalue weighted by molar-refractivity contribution is 7.46. The molecule has 0 unspecified atom stereocenters. The van der Waals surface area contributed by atoms with Gasteiger partial charge in [-0.1, -0.05) is 61.3 Å². The van der Waals surface area contributed by atoms with E-state index < -0.39 is 7.82 Å². The fourth-order valence-corrected chi connectivity index (χ4v) is 13.1. The van der Waals surface area contributed by atoms with E-state index in [9.17, 15) is 14.2 Å². The highest BCUT2D eigenvalue weighted by Crippen LogP contribution is 2.77. The van der Waals surface area contributed by atoms with Crippen LogP contribution in [0.15, 0.2) is 0 Å². The molecule has 0 saturated heterocycles. The SMILES string of the molecule is CC(C)[C@@H]1CC[C@]2(C(=O)NCCCCCCOP(=O)(O)O)CC[C@]3(C)[C@H](CC[C@@H]4[C@@]5(C)CCC(=O)C(C)(C)[C@@H]5CC[C@]43C)[C@@H]12. The molecule has 0 radical (unpaired) electrons. The van der Waals surface area contributed by atoms with E-state index in [1.165, 1.54) is 19.3 Å². The van der Waals surface area contributed by atoms with Gasteiger partial charge in [0.15, 0.2) is 0 Å². The first-order chi connectivity index (χ1) is 20.4. The van der Waals surface area contributed by atoms with Crippen molar-refractivity contribution in [3.8, 4) is 0 Å². The van der Waals surface area contributed by atoms with E-state index in [0.717, 1.165) is 64.2 Å². The Morgan fingerprint density at radius 1 is 0.886 bits per heavy atom. The summed E-state index contributed by atoms with van der Waals surface area (Å²) in [6, 6.07) is 0. The fraction of sp³-hybridized carbons (Fsp3) is 0.944. The predicted octanol–water partition coefficient (Wildman–Crippen LogP) is 8.08. The molecule has 3 N–H and O–H groups in total. The predicted molar refractivity (Wildman–Crippen MR) is 173 cm³/mol. The van der Waals surface area contributed by atoms with Gasteiger partial charge >= 0.3 is 7.82 Å². The standard InChI is InChI=1S/C36H62NO6P/c1-24(2)25-14-19-36(31(39)37-22-10-8-9-11-23-43-44(40,41)42)21-20-34(6)26(30(25)36)12-13-28-33(5)17-16-29(38)32(3,4)27(33)15-18-35(28,34)7/h24-28,30H,8-23H2,1-7H3,(H,37,39)(H2,40,41,42)/t25-,26+,27-,28+,30+,33-,34+,35+,36-/m0/s1. The normalized spacial score (nSPS) is 43.1. The van der Waals surface area contributed by atoms with Crippen LogP contribution < -0.4 is 5.32 Å². The van der Waals surface area contributed by atoms with Crippen molar-refractivity contribution in [1.82, 2.24) is 5.32 Å². The lowest BCUT2D eigenvalue weighted by atomic mass is 9.32. The highest BCUT2D eigenvalue weighted by atomic mass is 31.2. The molecule has 8 heteroatoms. The molecule has 5 rings (SSSR count). The number of phosphoric acid groups is 1. The van der Waals surface area contributed by atoms with Crippen LogP contribution in [-0.2, 0) is 18.7 Å². The summed E-state index contributed by atoms with van der Waals surface area (Å²) >= 11 is 0. The van der Waals surface area contributed by atoms with Crippen molar-refractivity contribution in [3.05, 3.63) is 0 Å². The number of carbonyl (C=O) groups excluding carboxylic acids is 2. The van der Waals surface area contributed by atoms with Gasteiger partial charge in [0.2, 0.25) is 5.91 Å². The minimum atomic E-state index is -4.39. The average Bonchev–Trinajstić information content (AvgIpc) is 3.33. The zero-order valence-electron chi connectivity index (χ0n) is 28.8. The van der Waals surface area contributed by atoms with Crippen molar-refractivity contribution < 1.29 is 28.5 Å². The zero-order chi connectivity index (χ0) is 32.3. The zero-order valence-corrected chi connectivity index (χ0v) is 29.6. The second kappa shape index (κ2) is 12.0. The number of carbonyl (C=O) groups is 2. The van der Waals surface area contributed by atoms with Gasteiger partial charge in [-0.3, -0.25) is 14.1 Å². The Morgan fingerprint density at radius 3 is 2.27 bits per heavy atom. The summed E-state index contributed by atoms with van der Waals surface area (Å²) in [5, 5.41) is 3.39. The van der Waals surface area contributed by atoms with Gasteiger partial charge in [0.25, 0.3) is 0 Å². The first kappa shape index (κ1) is 34.6. The number of phosphoric ester groups is 1. The van der Waals surface area contributed by atoms with Crippen molar-refractivity contribution in [2.75, 3.05) is 13.2 Å². The molecule has 9 atom stereocenters. The highest BCUT2D eigenvalue weighted by Gasteiger charge is 2.71. The summed E-state index contributed by atoms with van der Waals surface area (Å²) in [7, 11) is -4.39. The van der Waals surface area contributed by atoms with Gasteiger partial charge in [-0.2, -0.15) is 0 Å². The number of hydrogen-bond acceptors (Lipinski definition) is 4. The maximum Gasteiger partial charge on any atom is 0.469 e. The van der Waals surface area contributed by atoms with E-state index >= 15 is 0 Å². The molecule has 1 amide bonds. The molecule has 0 spiro atoms. The van der Waals surface area contributed by atoms with Crippen LogP contribution >= 0.6 is 7.82 Å². The van der Waals surface area contributed by atoms with E-state index in [0.29, 0.717) is 54.3 Å². The van der Waals surface area contributed by atoms with Crippen molar-refractivity contribution in [2.45, 2.75) is 138 Å². The minimum Gasteiger partial charge on any atom is -0.356 e. The molecule has 5 aliphatic rings. The summed E-state index contributed by atoms with van der Waals surface area (Å²) in [5.74, 6) is 3.99. The van der Waals surface area contributed by atoms with E-state index in [4.69, 9.17) is 9.79 Å². The molecule has 7 nitrogen and oxygen atoms in total. The first-order valence-electron chi connectivity index (χ1n) is 18.0. The lowest BCUT2D eigenvalue weighted by Gasteiger charge is -2.72. The number of amides is 1. The Bertz CT molecular complexity index is 1150. The minimum absolute atomic E-state index is 0.0631. The number of Topliss-reactive ketones (excluding diaryl/α,β-unsaturated/α-hetero) is 1. The second-order valence-corrected chi connectivity index (χ2v) is 18.7. The van der Waals surface area contributed by atoms with Gasteiger partial charge in [0.1, 0.15) is 5.78 Å². The van der Waals surface area contributed by atoms with Crippen LogP contribution in [0, 0.1) is 62.6 Å². The molecule has 0 aromatic heterocycles.